The van der Waals surface area contributed by atoms with Crippen LogP contribution in [0.3, 0.4) is 0 Å². The second kappa shape index (κ2) is 7.02. The van der Waals surface area contributed by atoms with E-state index in [-0.39, 0.29) is 10.7 Å². The molecule has 2 unspecified atom stereocenters. The molecule has 0 N–H and O–H groups in total. The lowest BCUT2D eigenvalue weighted by molar-refractivity contribution is -0.520. The Morgan fingerprint density at radius 1 is 1.09 bits per heavy atom. The highest BCUT2D eigenvalue weighted by atomic mass is 19.1. The fourth-order valence-electron chi connectivity index (χ4n) is 2.48. The summed E-state index contributed by atoms with van der Waals surface area (Å²) in [5.41, 5.74) is 1.52. The van der Waals surface area contributed by atoms with Gasteiger partial charge in [0.15, 0.2) is 0 Å². The summed E-state index contributed by atoms with van der Waals surface area (Å²) < 4.78 is 18.5. The zero-order valence-electron chi connectivity index (χ0n) is 12.5. The largest absolute Gasteiger partial charge is 0.494 e. The number of rotatable bonds is 6. The van der Waals surface area contributed by atoms with Crippen molar-refractivity contribution in [1.29, 1.82) is 0 Å². The quantitative estimate of drug-likeness (QED) is 0.598. The van der Waals surface area contributed by atoms with E-state index in [0.717, 1.165) is 16.9 Å². The Kier molecular flexibility index (Phi) is 5.09. The van der Waals surface area contributed by atoms with Crippen LogP contribution in [0.25, 0.3) is 0 Å². The second-order valence-electron chi connectivity index (χ2n) is 5.06. The average molecular weight is 303 g/mol. The van der Waals surface area contributed by atoms with E-state index in [1.807, 2.05) is 19.1 Å². The molecule has 0 heterocycles. The topological polar surface area (TPSA) is 52.4 Å². The van der Waals surface area contributed by atoms with Crippen molar-refractivity contribution in [2.45, 2.75) is 25.8 Å². The van der Waals surface area contributed by atoms with Crippen molar-refractivity contribution in [3.05, 3.63) is 75.6 Å². The molecule has 0 saturated carbocycles. The summed E-state index contributed by atoms with van der Waals surface area (Å²) in [5.74, 6) is -0.0768. The molecule has 0 bridgehead atoms. The Balaban J connectivity index is 2.39. The first-order valence-corrected chi connectivity index (χ1v) is 7.14. The van der Waals surface area contributed by atoms with E-state index in [2.05, 4.69) is 0 Å². The van der Waals surface area contributed by atoms with Crippen molar-refractivity contribution in [3.63, 3.8) is 0 Å². The average Bonchev–Trinajstić information content (AvgIpc) is 2.51. The summed E-state index contributed by atoms with van der Waals surface area (Å²) in [6.07, 6.45) is 0. The van der Waals surface area contributed by atoms with E-state index in [0.29, 0.717) is 6.61 Å². The van der Waals surface area contributed by atoms with Crippen molar-refractivity contribution < 1.29 is 14.1 Å². The summed E-state index contributed by atoms with van der Waals surface area (Å²) >= 11 is 0. The number of halogens is 1. The lowest BCUT2D eigenvalue weighted by Gasteiger charge is -2.19. The first-order valence-electron chi connectivity index (χ1n) is 7.14. The lowest BCUT2D eigenvalue weighted by Crippen LogP contribution is -2.25. The van der Waals surface area contributed by atoms with Gasteiger partial charge in [0.1, 0.15) is 11.6 Å². The van der Waals surface area contributed by atoms with Gasteiger partial charge in [0.25, 0.3) is 0 Å². The molecule has 0 spiro atoms. The van der Waals surface area contributed by atoms with E-state index in [1.54, 1.807) is 31.2 Å². The van der Waals surface area contributed by atoms with Crippen molar-refractivity contribution in [3.8, 4) is 5.75 Å². The second-order valence-corrected chi connectivity index (χ2v) is 5.06. The van der Waals surface area contributed by atoms with Crippen LogP contribution in [0.1, 0.15) is 30.9 Å². The highest BCUT2D eigenvalue weighted by Gasteiger charge is 2.29. The van der Waals surface area contributed by atoms with Gasteiger partial charge in [0.2, 0.25) is 6.04 Å². The minimum Gasteiger partial charge on any atom is -0.494 e. The SMILES string of the molecule is CCOc1ccc(C(c2ccc(F)cc2)C(C)[N+](=O)[O-])cc1. The smallest absolute Gasteiger partial charge is 0.221 e. The molecular formula is C17H18FNO3. The van der Waals surface area contributed by atoms with Crippen LogP contribution in [-0.4, -0.2) is 17.6 Å². The van der Waals surface area contributed by atoms with Gasteiger partial charge in [-0.3, -0.25) is 10.1 Å². The molecule has 0 aliphatic rings. The summed E-state index contributed by atoms with van der Waals surface area (Å²) in [6, 6.07) is 12.2. The molecular weight excluding hydrogens is 285 g/mol. The summed E-state index contributed by atoms with van der Waals surface area (Å²) in [5, 5.41) is 11.2. The number of nitro groups is 1. The van der Waals surface area contributed by atoms with Crippen molar-refractivity contribution in [2.24, 2.45) is 0 Å². The molecule has 5 heteroatoms. The molecule has 0 saturated heterocycles. The zero-order chi connectivity index (χ0) is 16.1. The van der Waals surface area contributed by atoms with Crippen LogP contribution in [0.5, 0.6) is 5.75 Å². The highest BCUT2D eigenvalue weighted by molar-refractivity contribution is 5.37. The number of benzene rings is 2. The maximum Gasteiger partial charge on any atom is 0.221 e. The van der Waals surface area contributed by atoms with E-state index in [1.165, 1.54) is 12.1 Å². The minimum atomic E-state index is -0.816. The van der Waals surface area contributed by atoms with Crippen LogP contribution >= 0.6 is 0 Å². The molecule has 0 aliphatic carbocycles. The Morgan fingerprint density at radius 2 is 1.59 bits per heavy atom. The van der Waals surface area contributed by atoms with Gasteiger partial charge in [-0.2, -0.15) is 0 Å². The maximum absolute atomic E-state index is 13.1. The molecule has 2 aromatic rings. The first-order chi connectivity index (χ1) is 10.5. The van der Waals surface area contributed by atoms with Crippen LogP contribution in [0, 0.1) is 15.9 Å². The van der Waals surface area contributed by atoms with Crippen LogP contribution < -0.4 is 4.74 Å². The van der Waals surface area contributed by atoms with E-state index >= 15 is 0 Å². The van der Waals surface area contributed by atoms with E-state index in [4.69, 9.17) is 4.74 Å². The summed E-state index contributed by atoms with van der Waals surface area (Å²) in [7, 11) is 0. The molecule has 22 heavy (non-hydrogen) atoms. The Morgan fingerprint density at radius 3 is 2.05 bits per heavy atom. The third-order valence-corrected chi connectivity index (χ3v) is 3.59. The Labute approximate surface area is 128 Å². The summed E-state index contributed by atoms with van der Waals surface area (Å²) in [6.45, 7) is 4.01. The highest BCUT2D eigenvalue weighted by Crippen LogP contribution is 2.30. The van der Waals surface area contributed by atoms with E-state index < -0.39 is 12.0 Å². The van der Waals surface area contributed by atoms with E-state index in [9.17, 15) is 14.5 Å². The van der Waals surface area contributed by atoms with Gasteiger partial charge in [-0.15, -0.1) is 0 Å². The first kappa shape index (κ1) is 15.9. The number of hydrogen-bond donors (Lipinski definition) is 0. The lowest BCUT2D eigenvalue weighted by atomic mass is 9.86. The van der Waals surface area contributed by atoms with Gasteiger partial charge < -0.3 is 4.74 Å². The molecule has 2 aromatic carbocycles. The van der Waals surface area contributed by atoms with Gasteiger partial charge in [0.05, 0.1) is 12.5 Å². The Hall–Kier alpha value is -2.43. The fourth-order valence-corrected chi connectivity index (χ4v) is 2.48. The van der Waals surface area contributed by atoms with Crippen LogP contribution in [-0.2, 0) is 0 Å². The van der Waals surface area contributed by atoms with Crippen LogP contribution in [0.15, 0.2) is 48.5 Å². The third kappa shape index (κ3) is 3.61. The van der Waals surface area contributed by atoms with Crippen LogP contribution in [0.2, 0.25) is 0 Å². The molecule has 0 radical (unpaired) electrons. The normalized spacial score (nSPS) is 13.4. The number of nitrogens with zero attached hydrogens (tertiary/aromatic N) is 1. The third-order valence-electron chi connectivity index (χ3n) is 3.59. The van der Waals surface area contributed by atoms with Gasteiger partial charge in [-0.1, -0.05) is 24.3 Å². The van der Waals surface area contributed by atoms with Gasteiger partial charge in [0, 0.05) is 11.8 Å². The predicted octanol–water partition coefficient (Wildman–Crippen LogP) is 4.02. The van der Waals surface area contributed by atoms with Crippen LogP contribution in [0.4, 0.5) is 4.39 Å². The standard InChI is InChI=1S/C17H18FNO3/c1-3-22-16-10-6-14(7-11-16)17(12(2)19(20)21)13-4-8-15(18)9-5-13/h4-12,17H,3H2,1-2H3. The molecule has 4 nitrogen and oxygen atoms in total. The number of hydrogen-bond acceptors (Lipinski definition) is 3. The molecule has 0 fully saturated rings. The van der Waals surface area contributed by atoms with Crippen molar-refractivity contribution >= 4 is 0 Å². The monoisotopic (exact) mass is 303 g/mol. The van der Waals surface area contributed by atoms with Gasteiger partial charge in [-0.05, 0) is 42.3 Å². The summed E-state index contributed by atoms with van der Waals surface area (Å²) in [4.78, 5) is 10.9. The molecule has 116 valence electrons. The van der Waals surface area contributed by atoms with Gasteiger partial charge in [-0.25, -0.2) is 4.39 Å². The molecule has 0 aliphatic heterocycles. The fraction of sp³-hybridized carbons (Fsp3) is 0.294. The molecule has 2 rings (SSSR count). The molecule has 2 atom stereocenters. The number of ether oxygens (including phenoxy) is 1. The molecule has 0 aromatic heterocycles. The van der Waals surface area contributed by atoms with Crippen molar-refractivity contribution in [1.82, 2.24) is 0 Å². The predicted molar refractivity (Wildman–Crippen MR) is 82.3 cm³/mol. The maximum atomic E-state index is 13.1. The minimum absolute atomic E-state index is 0.315. The molecule has 0 amide bonds. The zero-order valence-corrected chi connectivity index (χ0v) is 12.5. The van der Waals surface area contributed by atoms with Crippen molar-refractivity contribution in [2.75, 3.05) is 6.61 Å². The Bertz CT molecular complexity index is 625. The van der Waals surface area contributed by atoms with Gasteiger partial charge >= 0.3 is 0 Å².